The van der Waals surface area contributed by atoms with Crippen LogP contribution >= 0.6 is 0 Å². The van der Waals surface area contributed by atoms with E-state index in [4.69, 9.17) is 0 Å². The molecule has 1 aromatic carbocycles. The Bertz CT molecular complexity index is 748. The first-order valence-corrected chi connectivity index (χ1v) is 8.76. The molecule has 2 N–H and O–H groups in total. The van der Waals surface area contributed by atoms with Crippen molar-refractivity contribution in [3.05, 3.63) is 46.4 Å². The van der Waals surface area contributed by atoms with Crippen LogP contribution in [0.4, 0.5) is 0 Å². The minimum Gasteiger partial charge on any atom is -0.354 e. The van der Waals surface area contributed by atoms with Crippen molar-refractivity contribution in [3.63, 3.8) is 0 Å². The lowest BCUT2D eigenvalue weighted by Crippen LogP contribution is -3.11. The highest BCUT2D eigenvalue weighted by molar-refractivity contribution is 5.82. The number of hydrogen-bond donors (Lipinski definition) is 2. The van der Waals surface area contributed by atoms with Gasteiger partial charge in [-0.2, -0.15) is 0 Å². The average Bonchev–Trinajstić information content (AvgIpc) is 2.59. The zero-order valence-electron chi connectivity index (χ0n) is 14.9. The van der Waals surface area contributed by atoms with Gasteiger partial charge in [0.15, 0.2) is 0 Å². The molecule has 0 unspecified atom stereocenters. The Balaban J connectivity index is 1.97. The van der Waals surface area contributed by atoms with E-state index in [0.717, 1.165) is 37.1 Å². The Labute approximate surface area is 143 Å². The molecule has 0 saturated carbocycles. The number of carbonyl (C=O) groups is 1. The van der Waals surface area contributed by atoms with Gasteiger partial charge in [-0.3, -0.25) is 9.59 Å². The number of amides is 1. The number of nitrogens with zero attached hydrogens (tertiary/aromatic N) is 1. The molecular formula is C19H28N3O2+. The fraction of sp³-hybridized carbons (Fsp3) is 0.474. The summed E-state index contributed by atoms with van der Waals surface area (Å²) in [4.78, 5) is 26.3. The molecule has 0 atom stereocenters. The van der Waals surface area contributed by atoms with Crippen molar-refractivity contribution < 1.29 is 9.69 Å². The fourth-order valence-electron chi connectivity index (χ4n) is 2.99. The van der Waals surface area contributed by atoms with E-state index in [9.17, 15) is 9.59 Å². The van der Waals surface area contributed by atoms with E-state index in [1.165, 1.54) is 4.90 Å². The summed E-state index contributed by atoms with van der Waals surface area (Å²) in [6.07, 6.45) is 0.953. The van der Waals surface area contributed by atoms with Crippen molar-refractivity contribution in [1.82, 2.24) is 9.88 Å². The molecule has 2 aromatic rings. The molecule has 5 nitrogen and oxygen atoms in total. The standard InChI is InChI=1S/C19H27N3O2/c1-4-21(5-2)12-8-11-20-18(23)14-22-15(3)13-16-9-6-7-10-17(16)19(22)24/h6-7,9-10,13H,4-5,8,11-12,14H2,1-3H3,(H,20,23)/p+1. The van der Waals surface area contributed by atoms with Gasteiger partial charge in [-0.25, -0.2) is 0 Å². The zero-order chi connectivity index (χ0) is 17.5. The van der Waals surface area contributed by atoms with Crippen molar-refractivity contribution >= 4 is 16.7 Å². The van der Waals surface area contributed by atoms with Gasteiger partial charge < -0.3 is 14.8 Å². The molecule has 1 heterocycles. The Morgan fingerprint density at radius 2 is 1.92 bits per heavy atom. The van der Waals surface area contributed by atoms with Crippen LogP contribution in [0.15, 0.2) is 35.1 Å². The lowest BCUT2D eigenvalue weighted by atomic mass is 10.1. The number of hydrogen-bond acceptors (Lipinski definition) is 2. The summed E-state index contributed by atoms with van der Waals surface area (Å²) in [6, 6.07) is 9.44. The molecule has 0 aliphatic rings. The summed E-state index contributed by atoms with van der Waals surface area (Å²) in [5, 5.41) is 4.49. The van der Waals surface area contributed by atoms with E-state index in [-0.39, 0.29) is 18.0 Å². The topological polar surface area (TPSA) is 55.5 Å². The number of aryl methyl sites for hydroxylation is 1. The van der Waals surface area contributed by atoms with Crippen molar-refractivity contribution in [2.24, 2.45) is 0 Å². The summed E-state index contributed by atoms with van der Waals surface area (Å²) >= 11 is 0. The van der Waals surface area contributed by atoms with Crippen LogP contribution in [0.3, 0.4) is 0 Å². The molecule has 0 saturated heterocycles. The second-order valence-electron chi connectivity index (χ2n) is 6.17. The normalized spacial score (nSPS) is 11.2. The number of pyridine rings is 1. The van der Waals surface area contributed by atoms with Gasteiger partial charge in [-0.1, -0.05) is 18.2 Å². The number of benzene rings is 1. The van der Waals surface area contributed by atoms with Crippen LogP contribution in [0.5, 0.6) is 0 Å². The minimum absolute atomic E-state index is 0.0770. The van der Waals surface area contributed by atoms with E-state index in [1.807, 2.05) is 31.2 Å². The Morgan fingerprint density at radius 1 is 1.21 bits per heavy atom. The third-order valence-electron chi connectivity index (χ3n) is 4.56. The molecule has 0 spiro atoms. The molecular weight excluding hydrogens is 302 g/mol. The van der Waals surface area contributed by atoms with Gasteiger partial charge in [-0.15, -0.1) is 0 Å². The molecule has 0 bridgehead atoms. The third-order valence-corrected chi connectivity index (χ3v) is 4.56. The van der Waals surface area contributed by atoms with Crippen LogP contribution in [-0.2, 0) is 11.3 Å². The maximum absolute atomic E-state index is 12.6. The monoisotopic (exact) mass is 330 g/mol. The second-order valence-corrected chi connectivity index (χ2v) is 6.17. The molecule has 1 amide bonds. The molecule has 2 rings (SSSR count). The highest BCUT2D eigenvalue weighted by Crippen LogP contribution is 2.11. The van der Waals surface area contributed by atoms with Gasteiger partial charge in [0.2, 0.25) is 5.91 Å². The number of fused-ring (bicyclic) bond motifs is 1. The molecule has 130 valence electrons. The van der Waals surface area contributed by atoms with E-state index in [0.29, 0.717) is 11.9 Å². The summed E-state index contributed by atoms with van der Waals surface area (Å²) in [6.45, 7) is 10.2. The van der Waals surface area contributed by atoms with Crippen LogP contribution in [0, 0.1) is 6.92 Å². The van der Waals surface area contributed by atoms with Crippen molar-refractivity contribution in [2.45, 2.75) is 33.7 Å². The highest BCUT2D eigenvalue weighted by atomic mass is 16.2. The summed E-state index contributed by atoms with van der Waals surface area (Å²) in [7, 11) is 0. The van der Waals surface area contributed by atoms with Gasteiger partial charge in [0.1, 0.15) is 6.54 Å². The SMILES string of the molecule is CC[NH+](CC)CCCNC(=O)Cn1c(C)cc2ccccc2c1=O. The van der Waals surface area contributed by atoms with Crippen LogP contribution in [-0.4, -0.2) is 36.7 Å². The Kier molecular flexibility index (Phi) is 6.55. The van der Waals surface area contributed by atoms with Crippen LogP contribution in [0.1, 0.15) is 26.0 Å². The highest BCUT2D eigenvalue weighted by Gasteiger charge is 2.10. The van der Waals surface area contributed by atoms with Crippen molar-refractivity contribution in [1.29, 1.82) is 0 Å². The number of quaternary nitrogens is 1. The lowest BCUT2D eigenvalue weighted by Gasteiger charge is -2.15. The second kappa shape index (κ2) is 8.64. The van der Waals surface area contributed by atoms with Gasteiger partial charge in [0.05, 0.1) is 19.6 Å². The Hall–Kier alpha value is -2.14. The van der Waals surface area contributed by atoms with Crippen LogP contribution in [0.25, 0.3) is 10.8 Å². The largest absolute Gasteiger partial charge is 0.354 e. The van der Waals surface area contributed by atoms with Crippen molar-refractivity contribution in [3.8, 4) is 0 Å². The first-order valence-electron chi connectivity index (χ1n) is 8.76. The number of rotatable bonds is 8. The summed E-state index contributed by atoms with van der Waals surface area (Å²) in [5.74, 6) is -0.106. The van der Waals surface area contributed by atoms with Crippen LogP contribution in [0.2, 0.25) is 0 Å². The minimum atomic E-state index is -0.106. The first kappa shape index (κ1) is 18.2. The van der Waals surface area contributed by atoms with Gasteiger partial charge in [0.25, 0.3) is 5.56 Å². The molecule has 5 heteroatoms. The van der Waals surface area contributed by atoms with Crippen molar-refractivity contribution in [2.75, 3.05) is 26.2 Å². The maximum Gasteiger partial charge on any atom is 0.259 e. The van der Waals surface area contributed by atoms with Gasteiger partial charge >= 0.3 is 0 Å². The number of nitrogens with one attached hydrogen (secondary N) is 2. The average molecular weight is 330 g/mol. The molecule has 24 heavy (non-hydrogen) atoms. The molecule has 0 fully saturated rings. The number of carbonyl (C=O) groups excluding carboxylic acids is 1. The summed E-state index contributed by atoms with van der Waals surface area (Å²) < 4.78 is 1.55. The lowest BCUT2D eigenvalue weighted by molar-refractivity contribution is -0.896. The quantitative estimate of drug-likeness (QED) is 0.702. The maximum atomic E-state index is 12.6. The predicted molar refractivity (Wildman–Crippen MR) is 97.5 cm³/mol. The molecule has 1 aromatic heterocycles. The predicted octanol–water partition coefficient (Wildman–Crippen LogP) is 0.741. The smallest absolute Gasteiger partial charge is 0.259 e. The van der Waals surface area contributed by atoms with E-state index in [1.54, 1.807) is 10.6 Å². The van der Waals surface area contributed by atoms with Crippen LogP contribution < -0.4 is 15.8 Å². The molecule has 0 radical (unpaired) electrons. The van der Waals surface area contributed by atoms with E-state index < -0.39 is 0 Å². The van der Waals surface area contributed by atoms with Gasteiger partial charge in [0, 0.05) is 24.0 Å². The fourth-order valence-corrected chi connectivity index (χ4v) is 2.99. The number of aromatic nitrogens is 1. The first-order chi connectivity index (χ1) is 11.6. The van der Waals surface area contributed by atoms with E-state index >= 15 is 0 Å². The Morgan fingerprint density at radius 3 is 2.62 bits per heavy atom. The molecule has 0 aliphatic carbocycles. The zero-order valence-corrected chi connectivity index (χ0v) is 14.9. The van der Waals surface area contributed by atoms with Gasteiger partial charge in [-0.05, 0) is 38.3 Å². The van der Waals surface area contributed by atoms with E-state index in [2.05, 4.69) is 19.2 Å². The third kappa shape index (κ3) is 4.45. The molecule has 0 aliphatic heterocycles. The summed E-state index contributed by atoms with van der Waals surface area (Å²) in [5.41, 5.74) is 0.703.